The zero-order valence-corrected chi connectivity index (χ0v) is 7.55. The molecule has 0 saturated carbocycles. The van der Waals surface area contributed by atoms with Crippen LogP contribution in [0.4, 0.5) is 0 Å². The summed E-state index contributed by atoms with van der Waals surface area (Å²) in [7, 11) is 0. The average molecular weight is 168 g/mol. The minimum Gasteiger partial charge on any atom is -0.375 e. The van der Waals surface area contributed by atoms with Gasteiger partial charge in [-0.05, 0) is 6.08 Å². The first-order valence-electron chi connectivity index (χ1n) is 4.48. The van der Waals surface area contributed by atoms with E-state index in [-0.39, 0.29) is 5.78 Å². The van der Waals surface area contributed by atoms with E-state index < -0.39 is 0 Å². The summed E-state index contributed by atoms with van der Waals surface area (Å²) in [5.41, 5.74) is 0. The smallest absolute Gasteiger partial charge is 0.156 e. The van der Waals surface area contributed by atoms with Crippen molar-refractivity contribution in [2.24, 2.45) is 0 Å². The van der Waals surface area contributed by atoms with Gasteiger partial charge in [0.25, 0.3) is 0 Å². The van der Waals surface area contributed by atoms with Crippen molar-refractivity contribution >= 4 is 5.78 Å². The molecule has 0 aromatic heterocycles. The lowest BCUT2D eigenvalue weighted by Crippen LogP contribution is -2.40. The van der Waals surface area contributed by atoms with E-state index in [0.29, 0.717) is 6.42 Å². The zero-order valence-electron chi connectivity index (χ0n) is 7.55. The fourth-order valence-corrected chi connectivity index (χ4v) is 1.14. The maximum absolute atomic E-state index is 10.9. The minimum absolute atomic E-state index is 0.202. The Morgan fingerprint density at radius 2 is 2.17 bits per heavy atom. The maximum Gasteiger partial charge on any atom is 0.156 e. The third kappa shape index (κ3) is 3.05. The van der Waals surface area contributed by atoms with Crippen molar-refractivity contribution in [1.29, 1.82) is 0 Å². The molecule has 0 amide bonds. The van der Waals surface area contributed by atoms with Crippen LogP contribution in [0.2, 0.25) is 0 Å². The highest BCUT2D eigenvalue weighted by Crippen LogP contribution is 1.94. The molecule has 1 heterocycles. The number of ketones is 1. The number of nitrogens with one attached hydrogen (secondary N) is 1. The van der Waals surface area contributed by atoms with Crippen LogP contribution in [0.15, 0.2) is 12.3 Å². The van der Waals surface area contributed by atoms with Gasteiger partial charge in [0.05, 0.1) is 0 Å². The first kappa shape index (κ1) is 9.26. The van der Waals surface area contributed by atoms with E-state index in [0.717, 1.165) is 26.2 Å². The number of hydrogen-bond donors (Lipinski definition) is 1. The molecule has 68 valence electrons. The molecule has 0 aromatic carbocycles. The number of carbonyl (C=O) groups is 1. The molecule has 1 rings (SSSR count). The van der Waals surface area contributed by atoms with Gasteiger partial charge in [-0.15, -0.1) is 0 Å². The molecule has 0 atom stereocenters. The fraction of sp³-hybridized carbons (Fsp3) is 0.667. The summed E-state index contributed by atoms with van der Waals surface area (Å²) in [6.07, 6.45) is 4.18. The van der Waals surface area contributed by atoms with Crippen LogP contribution in [-0.4, -0.2) is 36.9 Å². The van der Waals surface area contributed by atoms with Gasteiger partial charge in [-0.3, -0.25) is 4.79 Å². The number of hydrogen-bond acceptors (Lipinski definition) is 3. The Morgan fingerprint density at radius 3 is 2.75 bits per heavy atom. The predicted molar refractivity (Wildman–Crippen MR) is 48.9 cm³/mol. The molecular weight excluding hydrogens is 152 g/mol. The highest BCUT2D eigenvalue weighted by atomic mass is 16.1. The molecule has 12 heavy (non-hydrogen) atoms. The van der Waals surface area contributed by atoms with Crippen LogP contribution in [0, 0.1) is 0 Å². The van der Waals surface area contributed by atoms with Crippen molar-refractivity contribution in [3.63, 3.8) is 0 Å². The molecule has 1 N–H and O–H groups in total. The lowest BCUT2D eigenvalue weighted by molar-refractivity contribution is -0.114. The van der Waals surface area contributed by atoms with Crippen LogP contribution in [0.25, 0.3) is 0 Å². The Kier molecular flexibility index (Phi) is 3.80. The van der Waals surface area contributed by atoms with E-state index in [1.807, 2.05) is 13.1 Å². The van der Waals surface area contributed by atoms with Crippen molar-refractivity contribution in [3.05, 3.63) is 12.3 Å². The number of piperazine rings is 1. The van der Waals surface area contributed by atoms with Gasteiger partial charge in [0.2, 0.25) is 0 Å². The molecule has 1 aliphatic rings. The summed E-state index contributed by atoms with van der Waals surface area (Å²) in [5, 5.41) is 3.26. The van der Waals surface area contributed by atoms with Gasteiger partial charge in [-0.25, -0.2) is 0 Å². The van der Waals surface area contributed by atoms with Gasteiger partial charge in [0.1, 0.15) is 0 Å². The van der Waals surface area contributed by atoms with Gasteiger partial charge < -0.3 is 10.2 Å². The summed E-state index contributed by atoms with van der Waals surface area (Å²) in [6, 6.07) is 0. The predicted octanol–water partition coefficient (Wildman–Crippen LogP) is 0.384. The standard InChI is InChI=1S/C9H16N2O/c1-2-9(12)3-6-11-7-4-10-5-8-11/h3,6,10H,2,4-5,7-8H2,1H3. The van der Waals surface area contributed by atoms with Crippen LogP contribution in [0.1, 0.15) is 13.3 Å². The van der Waals surface area contributed by atoms with E-state index in [1.165, 1.54) is 0 Å². The second kappa shape index (κ2) is 4.93. The van der Waals surface area contributed by atoms with E-state index in [9.17, 15) is 4.79 Å². The normalized spacial score (nSPS) is 18.6. The molecule has 3 nitrogen and oxygen atoms in total. The number of nitrogens with zero attached hydrogens (tertiary/aromatic N) is 1. The topological polar surface area (TPSA) is 32.3 Å². The zero-order chi connectivity index (χ0) is 8.81. The highest BCUT2D eigenvalue weighted by molar-refractivity contribution is 5.89. The Hall–Kier alpha value is -0.830. The number of carbonyl (C=O) groups excluding carboxylic acids is 1. The molecular formula is C9H16N2O. The second-order valence-electron chi connectivity index (χ2n) is 2.92. The SMILES string of the molecule is CCC(=O)C=CN1CCNCC1. The van der Waals surface area contributed by atoms with Crippen molar-refractivity contribution in [1.82, 2.24) is 10.2 Å². The van der Waals surface area contributed by atoms with Crippen molar-refractivity contribution < 1.29 is 4.79 Å². The van der Waals surface area contributed by atoms with Crippen LogP contribution in [0.5, 0.6) is 0 Å². The summed E-state index contributed by atoms with van der Waals surface area (Å²) in [5.74, 6) is 0.202. The number of rotatable bonds is 3. The molecule has 0 aromatic rings. The molecule has 3 heteroatoms. The van der Waals surface area contributed by atoms with E-state index in [4.69, 9.17) is 0 Å². The Labute approximate surface area is 73.4 Å². The lowest BCUT2D eigenvalue weighted by Gasteiger charge is -2.25. The molecule has 0 aliphatic carbocycles. The highest BCUT2D eigenvalue weighted by Gasteiger charge is 2.04. The molecule has 0 bridgehead atoms. The van der Waals surface area contributed by atoms with Crippen LogP contribution >= 0.6 is 0 Å². The molecule has 0 radical (unpaired) electrons. The lowest BCUT2D eigenvalue weighted by atomic mass is 10.3. The number of allylic oxidation sites excluding steroid dienone is 1. The molecule has 0 spiro atoms. The second-order valence-corrected chi connectivity index (χ2v) is 2.92. The first-order chi connectivity index (χ1) is 5.83. The third-order valence-electron chi connectivity index (χ3n) is 1.97. The first-order valence-corrected chi connectivity index (χ1v) is 4.48. The summed E-state index contributed by atoms with van der Waals surface area (Å²) < 4.78 is 0. The molecule has 1 fully saturated rings. The van der Waals surface area contributed by atoms with Crippen molar-refractivity contribution in [2.45, 2.75) is 13.3 Å². The van der Waals surface area contributed by atoms with Crippen LogP contribution in [-0.2, 0) is 4.79 Å². The fourth-order valence-electron chi connectivity index (χ4n) is 1.14. The third-order valence-corrected chi connectivity index (χ3v) is 1.97. The summed E-state index contributed by atoms with van der Waals surface area (Å²) >= 11 is 0. The molecule has 1 aliphatic heterocycles. The van der Waals surface area contributed by atoms with Crippen molar-refractivity contribution in [3.8, 4) is 0 Å². The van der Waals surface area contributed by atoms with Gasteiger partial charge in [-0.2, -0.15) is 0 Å². The summed E-state index contributed by atoms with van der Waals surface area (Å²) in [6.45, 7) is 5.93. The maximum atomic E-state index is 10.9. The van der Waals surface area contributed by atoms with E-state index in [1.54, 1.807) is 6.08 Å². The monoisotopic (exact) mass is 168 g/mol. The Balaban J connectivity index is 2.28. The van der Waals surface area contributed by atoms with Gasteiger partial charge in [0, 0.05) is 38.8 Å². The van der Waals surface area contributed by atoms with E-state index in [2.05, 4.69) is 10.2 Å². The Bertz CT molecular complexity index is 171. The van der Waals surface area contributed by atoms with Crippen LogP contribution < -0.4 is 5.32 Å². The largest absolute Gasteiger partial charge is 0.375 e. The minimum atomic E-state index is 0.202. The molecule has 1 saturated heterocycles. The van der Waals surface area contributed by atoms with Crippen LogP contribution in [0.3, 0.4) is 0 Å². The van der Waals surface area contributed by atoms with Crippen molar-refractivity contribution in [2.75, 3.05) is 26.2 Å². The average Bonchev–Trinajstić information content (AvgIpc) is 2.16. The van der Waals surface area contributed by atoms with Gasteiger partial charge in [-0.1, -0.05) is 6.92 Å². The quantitative estimate of drug-likeness (QED) is 0.618. The van der Waals surface area contributed by atoms with Gasteiger partial charge in [0.15, 0.2) is 5.78 Å². The molecule has 0 unspecified atom stereocenters. The van der Waals surface area contributed by atoms with E-state index >= 15 is 0 Å². The summed E-state index contributed by atoms with van der Waals surface area (Å²) in [4.78, 5) is 13.1. The van der Waals surface area contributed by atoms with Gasteiger partial charge >= 0.3 is 0 Å². The Morgan fingerprint density at radius 1 is 1.50 bits per heavy atom.